The van der Waals surface area contributed by atoms with E-state index in [0.717, 1.165) is 38.5 Å². The second-order valence-corrected chi connectivity index (χ2v) is 11.6. The predicted molar refractivity (Wildman–Crippen MR) is 126 cm³/mol. The normalized spacial score (nSPS) is 33.6. The van der Waals surface area contributed by atoms with Gasteiger partial charge in [-0.05, 0) is 38.5 Å². The first-order valence-electron chi connectivity index (χ1n) is 11.7. The number of unbranched alkanes of at least 4 members (excludes halogenated alkanes) is 3. The third kappa shape index (κ3) is 4.64. The standard InChI is InChI=1S/C22H36BrN3O4S/c1-3-5-10-25-20(29)18-22-13-14(23)17(31-22)15(19(28)24-9-4-2)16(22)21(30)26(18)11-7-6-8-12-27/h14-18,27H,3-13H2,1-2H3,(H,24,28)(H,25,29)/t14?,15-,16+,17-,18?,22?/m1/s1. The molecule has 3 fully saturated rings. The van der Waals surface area contributed by atoms with Crippen LogP contribution in [0.5, 0.6) is 0 Å². The van der Waals surface area contributed by atoms with Gasteiger partial charge in [0.1, 0.15) is 6.04 Å². The molecular weight excluding hydrogens is 482 g/mol. The summed E-state index contributed by atoms with van der Waals surface area (Å²) in [5.74, 6) is -1.06. The number of alkyl halides is 1. The summed E-state index contributed by atoms with van der Waals surface area (Å²) in [5, 5.41) is 15.1. The van der Waals surface area contributed by atoms with Gasteiger partial charge in [-0.2, -0.15) is 0 Å². The molecule has 3 heterocycles. The maximum Gasteiger partial charge on any atom is 0.244 e. The van der Waals surface area contributed by atoms with Crippen LogP contribution in [-0.4, -0.2) is 74.8 Å². The fourth-order valence-corrected chi connectivity index (χ4v) is 9.01. The molecule has 3 aliphatic heterocycles. The molecular formula is C22H36BrN3O4S. The van der Waals surface area contributed by atoms with Gasteiger partial charge in [0, 0.05) is 36.3 Å². The monoisotopic (exact) mass is 517 g/mol. The minimum absolute atomic E-state index is 0.00767. The molecule has 0 aromatic carbocycles. The SMILES string of the molecule is CCCCNC(=O)C1N(CCCCCO)C(=O)[C@@H]2[C@@H](C(=O)NCCC)[C@@H]3SC12CC3Br. The number of rotatable bonds is 12. The van der Waals surface area contributed by atoms with Gasteiger partial charge in [0.2, 0.25) is 17.7 Å². The maximum atomic E-state index is 13.7. The lowest BCUT2D eigenvalue weighted by molar-refractivity contribution is -0.140. The van der Waals surface area contributed by atoms with Crippen molar-refractivity contribution in [3.05, 3.63) is 0 Å². The number of halogens is 1. The highest BCUT2D eigenvalue weighted by atomic mass is 79.9. The largest absolute Gasteiger partial charge is 0.396 e. The summed E-state index contributed by atoms with van der Waals surface area (Å²) in [6.45, 7) is 5.91. The van der Waals surface area contributed by atoms with Crippen molar-refractivity contribution in [2.45, 2.75) is 79.7 Å². The molecule has 3 rings (SSSR count). The number of aliphatic hydroxyl groups is 1. The minimum Gasteiger partial charge on any atom is -0.396 e. The number of hydrogen-bond donors (Lipinski definition) is 3. The van der Waals surface area contributed by atoms with Crippen molar-refractivity contribution in [2.75, 3.05) is 26.2 Å². The zero-order chi connectivity index (χ0) is 22.6. The summed E-state index contributed by atoms with van der Waals surface area (Å²) in [6.07, 6.45) is 5.69. The Morgan fingerprint density at radius 2 is 1.87 bits per heavy atom. The molecule has 3 amide bonds. The van der Waals surface area contributed by atoms with E-state index in [0.29, 0.717) is 26.1 Å². The van der Waals surface area contributed by atoms with E-state index in [1.165, 1.54) is 0 Å². The van der Waals surface area contributed by atoms with Crippen molar-refractivity contribution in [1.29, 1.82) is 0 Å². The van der Waals surface area contributed by atoms with Crippen molar-refractivity contribution >= 4 is 45.4 Å². The second kappa shape index (κ2) is 10.9. The van der Waals surface area contributed by atoms with Gasteiger partial charge in [0.15, 0.2) is 0 Å². The predicted octanol–water partition coefficient (Wildman–Crippen LogP) is 2.06. The summed E-state index contributed by atoms with van der Waals surface area (Å²) < 4.78 is -0.558. The molecule has 9 heteroatoms. The van der Waals surface area contributed by atoms with Crippen LogP contribution >= 0.6 is 27.7 Å². The van der Waals surface area contributed by atoms with Gasteiger partial charge in [0.05, 0.1) is 16.6 Å². The Bertz CT molecular complexity index is 681. The molecule has 3 saturated heterocycles. The molecule has 0 aromatic heterocycles. The van der Waals surface area contributed by atoms with Crippen molar-refractivity contribution < 1.29 is 19.5 Å². The van der Waals surface area contributed by atoms with Crippen molar-refractivity contribution in [1.82, 2.24) is 15.5 Å². The molecule has 6 atom stereocenters. The molecule has 176 valence electrons. The molecule has 0 saturated carbocycles. The molecule has 3 N–H and O–H groups in total. The Labute approximate surface area is 198 Å². The number of aliphatic hydroxyl groups excluding tert-OH is 1. The van der Waals surface area contributed by atoms with Gasteiger partial charge in [-0.1, -0.05) is 36.2 Å². The lowest BCUT2D eigenvalue weighted by Gasteiger charge is -2.35. The molecule has 3 unspecified atom stereocenters. The van der Waals surface area contributed by atoms with E-state index in [9.17, 15) is 14.4 Å². The third-order valence-corrected chi connectivity index (χ3v) is 10.00. The van der Waals surface area contributed by atoms with Gasteiger partial charge in [-0.3, -0.25) is 14.4 Å². The van der Waals surface area contributed by atoms with Crippen LogP contribution in [0.25, 0.3) is 0 Å². The van der Waals surface area contributed by atoms with E-state index in [1.54, 1.807) is 16.7 Å². The van der Waals surface area contributed by atoms with Gasteiger partial charge < -0.3 is 20.6 Å². The third-order valence-electron chi connectivity index (χ3n) is 6.78. The van der Waals surface area contributed by atoms with Gasteiger partial charge in [-0.25, -0.2) is 0 Å². The first-order valence-corrected chi connectivity index (χ1v) is 13.5. The van der Waals surface area contributed by atoms with Crippen LogP contribution in [0.4, 0.5) is 0 Å². The van der Waals surface area contributed by atoms with E-state index in [-0.39, 0.29) is 34.4 Å². The molecule has 0 aromatic rings. The Morgan fingerprint density at radius 1 is 1.13 bits per heavy atom. The first-order chi connectivity index (χ1) is 14.9. The Morgan fingerprint density at radius 3 is 2.55 bits per heavy atom. The summed E-state index contributed by atoms with van der Waals surface area (Å²) in [4.78, 5) is 42.0. The molecule has 3 aliphatic rings. The maximum absolute atomic E-state index is 13.7. The van der Waals surface area contributed by atoms with Gasteiger partial charge in [0.25, 0.3) is 0 Å². The number of amides is 3. The number of fused-ring (bicyclic) bond motifs is 1. The Kier molecular flexibility index (Phi) is 8.72. The fraction of sp³-hybridized carbons (Fsp3) is 0.864. The summed E-state index contributed by atoms with van der Waals surface area (Å²) in [7, 11) is 0. The van der Waals surface area contributed by atoms with E-state index in [1.807, 2.05) is 6.92 Å². The molecule has 31 heavy (non-hydrogen) atoms. The average Bonchev–Trinajstić information content (AvgIpc) is 3.33. The molecule has 0 aliphatic carbocycles. The van der Waals surface area contributed by atoms with Crippen molar-refractivity contribution in [3.63, 3.8) is 0 Å². The smallest absolute Gasteiger partial charge is 0.244 e. The van der Waals surface area contributed by atoms with Crippen LogP contribution in [0.1, 0.15) is 58.8 Å². The summed E-state index contributed by atoms with van der Waals surface area (Å²) in [6, 6.07) is -0.546. The molecule has 1 spiro atoms. The number of carbonyl (C=O) groups is 3. The number of nitrogens with zero attached hydrogens (tertiary/aromatic N) is 1. The minimum atomic E-state index is -0.558. The van der Waals surface area contributed by atoms with E-state index in [2.05, 4.69) is 33.5 Å². The van der Waals surface area contributed by atoms with E-state index >= 15 is 0 Å². The van der Waals surface area contributed by atoms with E-state index < -0.39 is 22.6 Å². The van der Waals surface area contributed by atoms with Crippen molar-refractivity contribution in [2.24, 2.45) is 11.8 Å². The zero-order valence-electron chi connectivity index (χ0n) is 18.6. The summed E-state index contributed by atoms with van der Waals surface area (Å²) in [5.41, 5.74) is 0. The molecule has 0 radical (unpaired) electrons. The summed E-state index contributed by atoms with van der Waals surface area (Å²) >= 11 is 5.45. The Balaban J connectivity index is 1.88. The van der Waals surface area contributed by atoms with E-state index in [4.69, 9.17) is 5.11 Å². The molecule has 2 bridgehead atoms. The fourth-order valence-electron chi connectivity index (χ4n) is 5.39. The molecule has 7 nitrogen and oxygen atoms in total. The first kappa shape index (κ1) is 24.8. The number of carbonyl (C=O) groups excluding carboxylic acids is 3. The second-order valence-electron chi connectivity index (χ2n) is 8.92. The highest BCUT2D eigenvalue weighted by Gasteiger charge is 2.75. The lowest BCUT2D eigenvalue weighted by Crippen LogP contribution is -2.55. The van der Waals surface area contributed by atoms with Crippen LogP contribution in [0.15, 0.2) is 0 Å². The zero-order valence-corrected chi connectivity index (χ0v) is 21.0. The van der Waals surface area contributed by atoms with Gasteiger partial charge in [-0.15, -0.1) is 11.8 Å². The van der Waals surface area contributed by atoms with Gasteiger partial charge >= 0.3 is 0 Å². The van der Waals surface area contributed by atoms with Crippen LogP contribution < -0.4 is 10.6 Å². The van der Waals surface area contributed by atoms with Crippen molar-refractivity contribution in [3.8, 4) is 0 Å². The quantitative estimate of drug-likeness (QED) is 0.272. The number of hydrogen-bond acceptors (Lipinski definition) is 5. The van der Waals surface area contributed by atoms with Crippen LogP contribution in [0.3, 0.4) is 0 Å². The average molecular weight is 519 g/mol. The highest BCUT2D eigenvalue weighted by molar-refractivity contribution is 9.09. The lowest BCUT2D eigenvalue weighted by atomic mass is 9.70. The van der Waals surface area contributed by atoms with Crippen LogP contribution in [0.2, 0.25) is 0 Å². The van der Waals surface area contributed by atoms with Crippen LogP contribution in [-0.2, 0) is 14.4 Å². The number of likely N-dealkylation sites (tertiary alicyclic amines) is 1. The number of nitrogens with one attached hydrogen (secondary N) is 2. The highest BCUT2D eigenvalue weighted by Crippen LogP contribution is 2.67. The number of thioether (sulfide) groups is 1. The Hall–Kier alpha value is -0.800. The van der Waals surface area contributed by atoms with Crippen LogP contribution in [0, 0.1) is 11.8 Å². The topological polar surface area (TPSA) is 98.7 Å².